The molecule has 0 radical (unpaired) electrons. The molecule has 1 aliphatic heterocycles. The van der Waals surface area contributed by atoms with Crippen LogP contribution in [0, 0.1) is 5.82 Å². The van der Waals surface area contributed by atoms with Gasteiger partial charge >= 0.3 is 0 Å². The molecule has 1 aromatic carbocycles. The van der Waals surface area contributed by atoms with Crippen LogP contribution in [-0.4, -0.2) is 40.5 Å². The number of morpholine rings is 1. The lowest BCUT2D eigenvalue weighted by Crippen LogP contribution is -2.43. The number of nitrogen functional groups attached to an aromatic ring is 1. The van der Waals surface area contributed by atoms with Gasteiger partial charge in [0.2, 0.25) is 0 Å². The first-order chi connectivity index (χ1) is 11.5. The highest BCUT2D eigenvalue weighted by atomic mass is 35.5. The van der Waals surface area contributed by atoms with Crippen molar-refractivity contribution in [3.05, 3.63) is 51.6 Å². The fourth-order valence-electron chi connectivity index (χ4n) is 2.47. The molecule has 9 heteroatoms. The van der Waals surface area contributed by atoms with Crippen molar-refractivity contribution in [3.8, 4) is 0 Å². The van der Waals surface area contributed by atoms with Crippen LogP contribution in [0.25, 0.3) is 0 Å². The van der Waals surface area contributed by atoms with E-state index >= 15 is 0 Å². The lowest BCUT2D eigenvalue weighted by Gasteiger charge is -2.33. The third kappa shape index (κ3) is 3.28. The number of halogens is 3. The minimum absolute atomic E-state index is 0.0566. The van der Waals surface area contributed by atoms with Gasteiger partial charge < -0.3 is 15.4 Å². The van der Waals surface area contributed by atoms with E-state index in [0.717, 1.165) is 0 Å². The zero-order chi connectivity index (χ0) is 17.3. The average molecular weight is 371 g/mol. The van der Waals surface area contributed by atoms with Crippen LogP contribution in [0.1, 0.15) is 22.2 Å². The Balaban J connectivity index is 1.84. The Bertz CT molecular complexity index is 790. The van der Waals surface area contributed by atoms with Gasteiger partial charge in [-0.3, -0.25) is 4.79 Å². The van der Waals surface area contributed by atoms with E-state index in [-0.39, 0.29) is 40.6 Å². The summed E-state index contributed by atoms with van der Waals surface area (Å²) in [5.41, 5.74) is 6.21. The van der Waals surface area contributed by atoms with Crippen LogP contribution in [0.5, 0.6) is 0 Å². The van der Waals surface area contributed by atoms with Crippen molar-refractivity contribution in [2.75, 3.05) is 25.4 Å². The zero-order valence-electron chi connectivity index (χ0n) is 12.4. The summed E-state index contributed by atoms with van der Waals surface area (Å²) in [6, 6.07) is 2.54. The van der Waals surface area contributed by atoms with Gasteiger partial charge in [0.1, 0.15) is 11.9 Å². The van der Waals surface area contributed by atoms with Crippen LogP contribution < -0.4 is 5.73 Å². The van der Waals surface area contributed by atoms with Crippen molar-refractivity contribution < 1.29 is 13.9 Å². The number of carbonyl (C=O) groups is 1. The summed E-state index contributed by atoms with van der Waals surface area (Å²) in [5.74, 6) is -0.901. The van der Waals surface area contributed by atoms with Gasteiger partial charge in [0.25, 0.3) is 5.91 Å². The van der Waals surface area contributed by atoms with Gasteiger partial charge in [-0.1, -0.05) is 23.2 Å². The van der Waals surface area contributed by atoms with Crippen LogP contribution >= 0.6 is 23.2 Å². The molecule has 0 bridgehead atoms. The van der Waals surface area contributed by atoms with Crippen LogP contribution in [-0.2, 0) is 4.74 Å². The highest BCUT2D eigenvalue weighted by Gasteiger charge is 2.29. The lowest BCUT2D eigenvalue weighted by molar-refractivity contribution is -0.0230. The number of benzene rings is 1. The first kappa shape index (κ1) is 16.9. The molecule has 126 valence electrons. The fraction of sp³-hybridized carbons (Fsp3) is 0.267. The van der Waals surface area contributed by atoms with E-state index in [1.807, 2.05) is 0 Å². The number of hydrogen-bond acceptors (Lipinski definition) is 5. The van der Waals surface area contributed by atoms with Crippen LogP contribution in [0.4, 0.5) is 10.2 Å². The molecule has 2 heterocycles. The molecular formula is C15H13Cl2FN4O2. The van der Waals surface area contributed by atoms with E-state index in [9.17, 15) is 9.18 Å². The van der Waals surface area contributed by atoms with E-state index in [2.05, 4.69) is 9.97 Å². The number of nitrogens with zero attached hydrogens (tertiary/aromatic N) is 3. The SMILES string of the molecule is Nc1nccnc1C(=O)N1CCOC(c2cc(F)c(Cl)cc2Cl)C1. The Kier molecular flexibility index (Phi) is 4.84. The third-order valence-electron chi connectivity index (χ3n) is 3.67. The molecule has 1 atom stereocenters. The first-order valence-corrected chi connectivity index (χ1v) is 7.84. The number of ether oxygens (including phenoxy) is 1. The average Bonchev–Trinajstić information content (AvgIpc) is 2.58. The molecule has 1 unspecified atom stereocenters. The molecule has 0 spiro atoms. The molecule has 1 aliphatic rings. The molecule has 24 heavy (non-hydrogen) atoms. The minimum Gasteiger partial charge on any atom is -0.382 e. The van der Waals surface area contributed by atoms with Gasteiger partial charge in [0.05, 0.1) is 18.2 Å². The van der Waals surface area contributed by atoms with Gasteiger partial charge in [0, 0.05) is 29.5 Å². The summed E-state index contributed by atoms with van der Waals surface area (Å²) < 4.78 is 19.4. The molecule has 2 aromatic rings. The Labute approximate surface area is 147 Å². The van der Waals surface area contributed by atoms with Crippen LogP contribution in [0.2, 0.25) is 10.0 Å². The summed E-state index contributed by atoms with van der Waals surface area (Å²) in [7, 11) is 0. The minimum atomic E-state index is -0.596. The fourth-order valence-corrected chi connectivity index (χ4v) is 2.97. The van der Waals surface area contributed by atoms with Gasteiger partial charge in [-0.25, -0.2) is 14.4 Å². The Morgan fingerprint density at radius 2 is 2.04 bits per heavy atom. The highest BCUT2D eigenvalue weighted by molar-refractivity contribution is 6.35. The normalized spacial score (nSPS) is 17.8. The van der Waals surface area contributed by atoms with Crippen LogP contribution in [0.15, 0.2) is 24.5 Å². The maximum atomic E-state index is 13.7. The molecule has 0 saturated carbocycles. The maximum absolute atomic E-state index is 13.7. The van der Waals surface area contributed by atoms with E-state index in [0.29, 0.717) is 12.1 Å². The third-order valence-corrected chi connectivity index (χ3v) is 4.29. The van der Waals surface area contributed by atoms with E-state index in [4.69, 9.17) is 33.7 Å². The van der Waals surface area contributed by atoms with E-state index < -0.39 is 11.9 Å². The molecule has 0 aliphatic carbocycles. The summed E-state index contributed by atoms with van der Waals surface area (Å²) in [5, 5.41) is 0.208. The number of rotatable bonds is 2. The second kappa shape index (κ2) is 6.88. The van der Waals surface area contributed by atoms with Crippen molar-refractivity contribution >= 4 is 34.9 Å². The summed E-state index contributed by atoms with van der Waals surface area (Å²) in [4.78, 5) is 21.9. The Morgan fingerprint density at radius 3 is 2.79 bits per heavy atom. The van der Waals surface area contributed by atoms with Gasteiger partial charge in [-0.2, -0.15) is 0 Å². The highest BCUT2D eigenvalue weighted by Crippen LogP contribution is 2.32. The molecule has 3 rings (SSSR count). The topological polar surface area (TPSA) is 81.3 Å². The number of hydrogen-bond donors (Lipinski definition) is 1. The quantitative estimate of drug-likeness (QED) is 0.821. The smallest absolute Gasteiger partial charge is 0.276 e. The van der Waals surface area contributed by atoms with E-state index in [1.165, 1.54) is 29.4 Å². The predicted molar refractivity (Wildman–Crippen MR) is 87.5 cm³/mol. The molecule has 1 fully saturated rings. The Hall–Kier alpha value is -1.96. The van der Waals surface area contributed by atoms with Crippen molar-refractivity contribution in [2.45, 2.75) is 6.10 Å². The monoisotopic (exact) mass is 370 g/mol. The number of carbonyl (C=O) groups excluding carboxylic acids is 1. The molecule has 1 saturated heterocycles. The van der Waals surface area contributed by atoms with Crippen molar-refractivity contribution in [2.24, 2.45) is 0 Å². The second-order valence-electron chi connectivity index (χ2n) is 5.19. The van der Waals surface area contributed by atoms with Gasteiger partial charge in [0.15, 0.2) is 11.5 Å². The molecule has 1 aromatic heterocycles. The molecule has 1 amide bonds. The largest absolute Gasteiger partial charge is 0.382 e. The molecular weight excluding hydrogens is 358 g/mol. The summed E-state index contributed by atoms with van der Waals surface area (Å²) in [6.45, 7) is 0.825. The standard InChI is InChI=1S/C15H13Cl2FN4O2/c16-9-6-10(17)11(18)5-8(9)12-7-22(3-4-24-12)15(23)13-14(19)21-2-1-20-13/h1-2,5-6,12H,3-4,7H2,(H2,19,21). The number of anilines is 1. The van der Waals surface area contributed by atoms with Crippen molar-refractivity contribution in [3.63, 3.8) is 0 Å². The summed E-state index contributed by atoms with van der Waals surface area (Å²) >= 11 is 11.8. The molecule has 6 nitrogen and oxygen atoms in total. The summed E-state index contributed by atoms with van der Waals surface area (Å²) in [6.07, 6.45) is 2.23. The number of aromatic nitrogens is 2. The van der Waals surface area contributed by atoms with Gasteiger partial charge in [-0.15, -0.1) is 0 Å². The molecule has 2 N–H and O–H groups in total. The number of amides is 1. The van der Waals surface area contributed by atoms with Crippen molar-refractivity contribution in [1.29, 1.82) is 0 Å². The van der Waals surface area contributed by atoms with Crippen LogP contribution in [0.3, 0.4) is 0 Å². The first-order valence-electron chi connectivity index (χ1n) is 7.09. The zero-order valence-corrected chi connectivity index (χ0v) is 13.9. The maximum Gasteiger partial charge on any atom is 0.276 e. The number of nitrogens with two attached hydrogens (primary N) is 1. The Morgan fingerprint density at radius 1 is 1.29 bits per heavy atom. The van der Waals surface area contributed by atoms with E-state index in [1.54, 1.807) is 0 Å². The second-order valence-corrected chi connectivity index (χ2v) is 6.00. The van der Waals surface area contributed by atoms with Crippen molar-refractivity contribution in [1.82, 2.24) is 14.9 Å². The lowest BCUT2D eigenvalue weighted by atomic mass is 10.1. The predicted octanol–water partition coefficient (Wildman–Crippen LogP) is 2.72. The van der Waals surface area contributed by atoms with Gasteiger partial charge in [-0.05, 0) is 12.1 Å².